The summed E-state index contributed by atoms with van der Waals surface area (Å²) in [5.74, 6) is -2.13. The fourth-order valence-electron chi connectivity index (χ4n) is 3.28. The molecule has 166 valence electrons. The largest absolute Gasteiger partial charge is 0.507 e. The van der Waals surface area contributed by atoms with Gasteiger partial charge in [-0.15, -0.1) is 0 Å². The average molecular weight is 442 g/mol. The highest BCUT2D eigenvalue weighted by atomic mass is 19.1. The number of aromatic hydroxyl groups is 1. The van der Waals surface area contributed by atoms with E-state index in [0.29, 0.717) is 11.3 Å². The summed E-state index contributed by atoms with van der Waals surface area (Å²) in [5.41, 5.74) is -1.16. The quantitative estimate of drug-likeness (QED) is 0.419. The highest BCUT2D eigenvalue weighted by molar-refractivity contribution is 5.92. The maximum atomic E-state index is 13.6. The van der Waals surface area contributed by atoms with Gasteiger partial charge < -0.3 is 19.6 Å². The molecule has 3 aromatic rings. The van der Waals surface area contributed by atoms with Crippen LogP contribution in [0.15, 0.2) is 57.7 Å². The minimum Gasteiger partial charge on any atom is -0.507 e. The molecule has 0 spiro atoms. The summed E-state index contributed by atoms with van der Waals surface area (Å²) in [4.78, 5) is 35.3. The van der Waals surface area contributed by atoms with Gasteiger partial charge in [-0.1, -0.05) is 12.1 Å². The van der Waals surface area contributed by atoms with Crippen LogP contribution < -0.4 is 15.7 Å². The van der Waals surface area contributed by atoms with E-state index >= 15 is 0 Å². The van der Waals surface area contributed by atoms with Gasteiger partial charge in [-0.05, 0) is 36.8 Å². The highest BCUT2D eigenvalue weighted by Crippen LogP contribution is 2.33. The number of methoxy groups -OCH3 is 1. The molecule has 0 aliphatic heterocycles. The van der Waals surface area contributed by atoms with Gasteiger partial charge in [0.25, 0.3) is 0 Å². The number of nitro groups is 1. The molecule has 0 radical (unpaired) electrons. The molecule has 2 N–H and O–H groups in total. The Labute approximate surface area is 181 Å². The van der Waals surface area contributed by atoms with Gasteiger partial charge in [0, 0.05) is 30.2 Å². The number of carbonyl (C=O) groups excluding carboxylic acids is 1. The average Bonchev–Trinajstić information content (AvgIpc) is 2.73. The minimum absolute atomic E-state index is 0.0109. The molecule has 3 rings (SSSR count). The zero-order valence-electron chi connectivity index (χ0n) is 17.1. The van der Waals surface area contributed by atoms with Gasteiger partial charge in [-0.2, -0.15) is 4.39 Å². The maximum absolute atomic E-state index is 13.6. The third-order valence-electron chi connectivity index (χ3n) is 4.77. The van der Waals surface area contributed by atoms with Crippen molar-refractivity contribution < 1.29 is 28.4 Å². The number of rotatable bonds is 7. The number of hydrogen-bond donors (Lipinski definition) is 2. The van der Waals surface area contributed by atoms with Crippen molar-refractivity contribution in [2.24, 2.45) is 0 Å². The predicted molar refractivity (Wildman–Crippen MR) is 113 cm³/mol. The van der Waals surface area contributed by atoms with Crippen molar-refractivity contribution in [2.45, 2.75) is 19.3 Å². The highest BCUT2D eigenvalue weighted by Gasteiger charge is 2.26. The predicted octanol–water partition coefficient (Wildman–Crippen LogP) is 3.87. The van der Waals surface area contributed by atoms with Crippen molar-refractivity contribution in [1.82, 2.24) is 0 Å². The van der Waals surface area contributed by atoms with Gasteiger partial charge in [0.1, 0.15) is 17.3 Å². The van der Waals surface area contributed by atoms with E-state index in [0.717, 1.165) is 12.1 Å². The first-order valence-electron chi connectivity index (χ1n) is 9.41. The van der Waals surface area contributed by atoms with Gasteiger partial charge in [-0.25, -0.2) is 4.79 Å². The zero-order chi connectivity index (χ0) is 23.4. The molecule has 0 aliphatic rings. The number of ether oxygens (including phenoxy) is 1. The SMILES string of the molecule is COc1ccc([C@@H](CC(=O)Nc2ccc(F)c([N+](=O)[O-])c2)c2c(O)cc(C)oc2=O)cc1. The summed E-state index contributed by atoms with van der Waals surface area (Å²) < 4.78 is 23.8. The van der Waals surface area contributed by atoms with E-state index in [1.165, 1.54) is 26.2 Å². The van der Waals surface area contributed by atoms with E-state index in [1.807, 2.05) is 0 Å². The van der Waals surface area contributed by atoms with E-state index in [2.05, 4.69) is 5.32 Å². The Morgan fingerprint density at radius 3 is 2.53 bits per heavy atom. The van der Waals surface area contributed by atoms with E-state index < -0.39 is 33.9 Å². The van der Waals surface area contributed by atoms with Crippen LogP contribution in [0.25, 0.3) is 0 Å². The van der Waals surface area contributed by atoms with Crippen LogP contribution in [0.4, 0.5) is 15.8 Å². The van der Waals surface area contributed by atoms with Crippen LogP contribution in [0.3, 0.4) is 0 Å². The fraction of sp³-hybridized carbons (Fsp3) is 0.182. The lowest BCUT2D eigenvalue weighted by Crippen LogP contribution is -2.21. The normalized spacial score (nSPS) is 11.6. The molecule has 2 aromatic carbocycles. The number of aryl methyl sites for hydroxylation is 1. The van der Waals surface area contributed by atoms with Crippen LogP contribution >= 0.6 is 0 Å². The van der Waals surface area contributed by atoms with E-state index in [4.69, 9.17) is 9.15 Å². The first-order chi connectivity index (χ1) is 15.2. The first kappa shape index (κ1) is 22.5. The second-order valence-electron chi connectivity index (χ2n) is 6.94. The van der Waals surface area contributed by atoms with Crippen LogP contribution in [-0.4, -0.2) is 23.0 Å². The van der Waals surface area contributed by atoms with Crippen molar-refractivity contribution in [3.8, 4) is 11.5 Å². The summed E-state index contributed by atoms with van der Waals surface area (Å²) >= 11 is 0. The molecule has 32 heavy (non-hydrogen) atoms. The summed E-state index contributed by atoms with van der Waals surface area (Å²) in [6.45, 7) is 1.50. The van der Waals surface area contributed by atoms with E-state index in [-0.39, 0.29) is 29.2 Å². The minimum atomic E-state index is -1.04. The van der Waals surface area contributed by atoms with Crippen LogP contribution in [0.5, 0.6) is 11.5 Å². The Kier molecular flexibility index (Phi) is 6.53. The van der Waals surface area contributed by atoms with Gasteiger partial charge in [0.05, 0.1) is 17.6 Å². The number of anilines is 1. The van der Waals surface area contributed by atoms with Crippen molar-refractivity contribution in [1.29, 1.82) is 0 Å². The molecule has 0 fully saturated rings. The Balaban J connectivity index is 1.96. The van der Waals surface area contributed by atoms with Crippen molar-refractivity contribution in [2.75, 3.05) is 12.4 Å². The van der Waals surface area contributed by atoms with Crippen molar-refractivity contribution in [3.63, 3.8) is 0 Å². The molecule has 0 saturated heterocycles. The number of halogens is 1. The van der Waals surface area contributed by atoms with Gasteiger partial charge >= 0.3 is 11.3 Å². The fourth-order valence-corrected chi connectivity index (χ4v) is 3.28. The Hall–Kier alpha value is -4.21. The standard InChI is InChI=1S/C22H19FN2O7/c1-12-9-19(26)21(22(28)32-12)16(13-3-6-15(31-2)7-4-13)11-20(27)24-14-5-8-17(23)18(10-14)25(29)30/h3-10,16,26H,11H2,1-2H3,(H,24,27)/t16-/m1/s1. The van der Waals surface area contributed by atoms with E-state index in [9.17, 15) is 29.2 Å². The maximum Gasteiger partial charge on any atom is 0.343 e. The van der Waals surface area contributed by atoms with Gasteiger partial charge in [0.15, 0.2) is 0 Å². The molecule has 0 unspecified atom stereocenters. The summed E-state index contributed by atoms with van der Waals surface area (Å²) in [7, 11) is 1.49. The lowest BCUT2D eigenvalue weighted by atomic mass is 9.88. The van der Waals surface area contributed by atoms with Crippen molar-refractivity contribution >= 4 is 17.3 Å². The number of amides is 1. The molecule has 1 amide bonds. The van der Waals surface area contributed by atoms with Crippen LogP contribution in [0, 0.1) is 22.9 Å². The van der Waals surface area contributed by atoms with Crippen LogP contribution in [0.1, 0.15) is 29.2 Å². The Bertz CT molecular complexity index is 1220. The third-order valence-corrected chi connectivity index (χ3v) is 4.77. The number of nitrogens with one attached hydrogen (secondary N) is 1. The number of benzene rings is 2. The molecule has 0 bridgehead atoms. The molecular formula is C22H19FN2O7. The van der Waals surface area contributed by atoms with Gasteiger partial charge in [0.2, 0.25) is 11.7 Å². The topological polar surface area (TPSA) is 132 Å². The summed E-state index contributed by atoms with van der Waals surface area (Å²) in [6, 6.07) is 10.8. The number of hydrogen-bond acceptors (Lipinski definition) is 7. The Morgan fingerprint density at radius 1 is 1.25 bits per heavy atom. The Morgan fingerprint density at radius 2 is 1.94 bits per heavy atom. The lowest BCUT2D eigenvalue weighted by Gasteiger charge is -2.18. The molecule has 0 saturated carbocycles. The number of nitro benzene ring substituents is 1. The monoisotopic (exact) mass is 442 g/mol. The smallest absolute Gasteiger partial charge is 0.343 e. The number of carbonyl (C=O) groups is 1. The molecule has 1 aromatic heterocycles. The molecule has 1 atom stereocenters. The first-order valence-corrected chi connectivity index (χ1v) is 9.41. The molecular weight excluding hydrogens is 423 g/mol. The molecule has 10 heteroatoms. The van der Waals surface area contributed by atoms with Gasteiger partial charge in [-0.3, -0.25) is 14.9 Å². The second kappa shape index (κ2) is 9.29. The summed E-state index contributed by atoms with van der Waals surface area (Å²) in [5, 5.41) is 23.8. The molecule has 9 nitrogen and oxygen atoms in total. The summed E-state index contributed by atoms with van der Waals surface area (Å²) in [6.07, 6.45) is -0.307. The molecule has 1 heterocycles. The van der Waals surface area contributed by atoms with Crippen molar-refractivity contribution in [3.05, 3.63) is 91.8 Å². The van der Waals surface area contributed by atoms with Crippen LogP contribution in [0.2, 0.25) is 0 Å². The second-order valence-corrected chi connectivity index (χ2v) is 6.94. The lowest BCUT2D eigenvalue weighted by molar-refractivity contribution is -0.387. The molecule has 0 aliphatic carbocycles. The van der Waals surface area contributed by atoms with E-state index in [1.54, 1.807) is 24.3 Å². The zero-order valence-corrected chi connectivity index (χ0v) is 17.1. The van der Waals surface area contributed by atoms with Crippen LogP contribution in [-0.2, 0) is 4.79 Å². The third kappa shape index (κ3) is 4.91. The number of nitrogens with zero attached hydrogens (tertiary/aromatic N) is 1.